The van der Waals surface area contributed by atoms with Gasteiger partial charge in [-0.05, 0) is 57.8 Å². The molecule has 0 amide bonds. The zero-order chi connectivity index (χ0) is 17.9. The van der Waals surface area contributed by atoms with Gasteiger partial charge in [-0.25, -0.2) is 0 Å². The lowest BCUT2D eigenvalue weighted by molar-refractivity contribution is -0.384. The molecule has 0 radical (unpaired) electrons. The topological polar surface area (TPSA) is 52.4 Å². The molecule has 0 bridgehead atoms. The first-order valence-corrected chi connectivity index (χ1v) is 8.61. The number of methoxy groups -OCH3 is 1. The van der Waals surface area contributed by atoms with Crippen molar-refractivity contribution in [1.29, 1.82) is 0 Å². The number of non-ortho nitro benzene ring substituents is 1. The highest BCUT2D eigenvalue weighted by Gasteiger charge is 2.21. The van der Waals surface area contributed by atoms with Crippen LogP contribution in [0.25, 0.3) is 12.2 Å². The number of hydrogen-bond donors (Lipinski definition) is 0. The highest BCUT2D eigenvalue weighted by Crippen LogP contribution is 2.36. The van der Waals surface area contributed by atoms with Crippen LogP contribution in [-0.4, -0.2) is 12.0 Å². The molecule has 0 saturated carbocycles. The first kappa shape index (κ1) is 18.4. The second kappa shape index (κ2) is 7.34. The predicted molar refractivity (Wildman–Crippen MR) is 106 cm³/mol. The van der Waals surface area contributed by atoms with Crippen LogP contribution >= 0.6 is 22.6 Å². The molecule has 0 spiro atoms. The third-order valence-electron chi connectivity index (χ3n) is 3.65. The van der Waals surface area contributed by atoms with Gasteiger partial charge in [0.2, 0.25) is 0 Å². The fraction of sp³-hybridized carbons (Fsp3) is 0.263. The first-order chi connectivity index (χ1) is 11.2. The monoisotopic (exact) mass is 437 g/mol. The van der Waals surface area contributed by atoms with Gasteiger partial charge in [-0.15, -0.1) is 0 Å². The minimum absolute atomic E-state index is 0.0253. The molecule has 126 valence electrons. The standard InChI is InChI=1S/C19H20INO3/c1-19(2,3)17-12-15(20)11-14(18(17)24-4)8-5-13-6-9-16(10-7-13)21(22)23/h5-12H,1-4H3. The molecular weight excluding hydrogens is 417 g/mol. The molecule has 0 fully saturated rings. The maximum Gasteiger partial charge on any atom is 0.269 e. The van der Waals surface area contributed by atoms with Crippen LogP contribution in [-0.2, 0) is 5.41 Å². The summed E-state index contributed by atoms with van der Waals surface area (Å²) in [5.74, 6) is 0.862. The smallest absolute Gasteiger partial charge is 0.269 e. The van der Waals surface area contributed by atoms with E-state index in [0.29, 0.717) is 0 Å². The summed E-state index contributed by atoms with van der Waals surface area (Å²) in [5.41, 5.74) is 3.11. The van der Waals surface area contributed by atoms with E-state index in [2.05, 4.69) is 55.5 Å². The molecule has 0 aromatic heterocycles. The summed E-state index contributed by atoms with van der Waals surface area (Å²) in [6, 6.07) is 10.7. The van der Waals surface area contributed by atoms with Crippen LogP contribution in [0.2, 0.25) is 0 Å². The Labute approximate surface area is 155 Å². The van der Waals surface area contributed by atoms with Gasteiger partial charge < -0.3 is 4.74 Å². The van der Waals surface area contributed by atoms with Crippen LogP contribution in [0.4, 0.5) is 5.69 Å². The lowest BCUT2D eigenvalue weighted by Crippen LogP contribution is -2.14. The van der Waals surface area contributed by atoms with Gasteiger partial charge in [-0.1, -0.05) is 32.9 Å². The minimum atomic E-state index is -0.397. The van der Waals surface area contributed by atoms with E-state index >= 15 is 0 Å². The molecule has 2 rings (SSSR count). The summed E-state index contributed by atoms with van der Waals surface area (Å²) in [5, 5.41) is 10.7. The number of rotatable bonds is 4. The van der Waals surface area contributed by atoms with Gasteiger partial charge in [0, 0.05) is 26.8 Å². The molecule has 0 aliphatic carbocycles. The lowest BCUT2D eigenvalue weighted by Gasteiger charge is -2.24. The largest absolute Gasteiger partial charge is 0.496 e. The van der Waals surface area contributed by atoms with Crippen LogP contribution in [0.3, 0.4) is 0 Å². The molecule has 2 aromatic carbocycles. The van der Waals surface area contributed by atoms with Gasteiger partial charge in [0.15, 0.2) is 0 Å². The number of nitrogens with zero attached hydrogens (tertiary/aromatic N) is 1. The van der Waals surface area contributed by atoms with Crippen molar-refractivity contribution < 1.29 is 9.66 Å². The van der Waals surface area contributed by atoms with E-state index in [1.807, 2.05) is 12.2 Å². The van der Waals surface area contributed by atoms with E-state index in [4.69, 9.17) is 4.74 Å². The zero-order valence-corrected chi connectivity index (χ0v) is 16.3. The number of nitro benzene ring substituents is 1. The molecule has 24 heavy (non-hydrogen) atoms. The maximum atomic E-state index is 10.7. The van der Waals surface area contributed by atoms with Gasteiger partial charge in [-0.3, -0.25) is 10.1 Å². The number of halogens is 1. The van der Waals surface area contributed by atoms with E-state index < -0.39 is 4.92 Å². The van der Waals surface area contributed by atoms with Crippen LogP contribution in [0.5, 0.6) is 5.75 Å². The van der Waals surface area contributed by atoms with Crippen LogP contribution < -0.4 is 4.74 Å². The Kier molecular flexibility index (Phi) is 5.64. The molecule has 0 N–H and O–H groups in total. The first-order valence-electron chi connectivity index (χ1n) is 7.53. The SMILES string of the molecule is COc1c(C=Cc2ccc([N+](=O)[O-])cc2)cc(I)cc1C(C)(C)C. The summed E-state index contributed by atoms with van der Waals surface area (Å²) < 4.78 is 6.79. The Morgan fingerprint density at radius 3 is 2.25 bits per heavy atom. The van der Waals surface area contributed by atoms with Crippen LogP contribution in [0.15, 0.2) is 36.4 Å². The third-order valence-corrected chi connectivity index (χ3v) is 4.28. The Balaban J connectivity index is 2.41. The molecule has 0 unspecified atom stereocenters. The second-order valence-corrected chi connectivity index (χ2v) is 7.75. The predicted octanol–water partition coefficient (Wildman–Crippen LogP) is 5.68. The summed E-state index contributed by atoms with van der Waals surface area (Å²) in [6.07, 6.45) is 3.92. The van der Waals surface area contributed by atoms with E-state index in [1.165, 1.54) is 12.1 Å². The van der Waals surface area contributed by atoms with E-state index in [9.17, 15) is 10.1 Å². The second-order valence-electron chi connectivity index (χ2n) is 6.51. The highest BCUT2D eigenvalue weighted by molar-refractivity contribution is 14.1. The molecule has 0 aliphatic rings. The quantitative estimate of drug-likeness (QED) is 0.268. The Morgan fingerprint density at radius 2 is 1.75 bits per heavy atom. The average Bonchev–Trinajstić information content (AvgIpc) is 2.51. The molecule has 5 heteroatoms. The van der Waals surface area contributed by atoms with Crippen LogP contribution in [0, 0.1) is 13.7 Å². The van der Waals surface area contributed by atoms with E-state index in [1.54, 1.807) is 19.2 Å². The number of benzene rings is 2. The molecule has 0 saturated heterocycles. The van der Waals surface area contributed by atoms with Gasteiger partial charge in [0.1, 0.15) is 5.75 Å². The normalized spacial score (nSPS) is 11.7. The summed E-state index contributed by atoms with van der Waals surface area (Å²) >= 11 is 2.31. The lowest BCUT2D eigenvalue weighted by atomic mass is 9.85. The molecule has 0 heterocycles. The summed E-state index contributed by atoms with van der Waals surface area (Å²) in [7, 11) is 1.68. The maximum absolute atomic E-state index is 10.7. The van der Waals surface area contributed by atoms with Gasteiger partial charge in [0.05, 0.1) is 12.0 Å². The van der Waals surface area contributed by atoms with Crippen molar-refractivity contribution >= 4 is 40.4 Å². The highest BCUT2D eigenvalue weighted by atomic mass is 127. The van der Waals surface area contributed by atoms with E-state index in [-0.39, 0.29) is 11.1 Å². The average molecular weight is 437 g/mol. The van der Waals surface area contributed by atoms with Crippen molar-refractivity contribution in [2.24, 2.45) is 0 Å². The number of nitro groups is 1. The van der Waals surface area contributed by atoms with Gasteiger partial charge >= 0.3 is 0 Å². The Morgan fingerprint density at radius 1 is 1.12 bits per heavy atom. The van der Waals surface area contributed by atoms with Crippen molar-refractivity contribution in [2.45, 2.75) is 26.2 Å². The fourth-order valence-corrected chi connectivity index (χ4v) is 3.06. The van der Waals surface area contributed by atoms with E-state index in [0.717, 1.165) is 26.0 Å². The molecular formula is C19H20INO3. The summed E-state index contributed by atoms with van der Waals surface area (Å²) in [4.78, 5) is 10.3. The number of hydrogen-bond acceptors (Lipinski definition) is 3. The minimum Gasteiger partial charge on any atom is -0.496 e. The number of ether oxygens (including phenoxy) is 1. The Bertz CT molecular complexity index is 774. The van der Waals surface area contributed by atoms with Gasteiger partial charge in [0.25, 0.3) is 5.69 Å². The fourth-order valence-electron chi connectivity index (χ4n) is 2.42. The van der Waals surface area contributed by atoms with Crippen molar-refractivity contribution in [2.75, 3.05) is 7.11 Å². The molecule has 4 nitrogen and oxygen atoms in total. The van der Waals surface area contributed by atoms with Crippen molar-refractivity contribution in [3.63, 3.8) is 0 Å². The molecule has 0 aliphatic heterocycles. The Hall–Kier alpha value is -1.89. The van der Waals surface area contributed by atoms with Gasteiger partial charge in [-0.2, -0.15) is 0 Å². The zero-order valence-electron chi connectivity index (χ0n) is 14.2. The molecule has 0 atom stereocenters. The summed E-state index contributed by atoms with van der Waals surface area (Å²) in [6.45, 7) is 6.47. The molecule has 2 aromatic rings. The third kappa shape index (κ3) is 4.35. The van der Waals surface area contributed by atoms with Crippen LogP contribution in [0.1, 0.15) is 37.5 Å². The van der Waals surface area contributed by atoms with Crippen molar-refractivity contribution in [1.82, 2.24) is 0 Å². The van der Waals surface area contributed by atoms with Crippen molar-refractivity contribution in [3.05, 3.63) is 66.8 Å². The van der Waals surface area contributed by atoms with Crippen molar-refractivity contribution in [3.8, 4) is 5.75 Å².